The molecule has 0 aromatic heterocycles. The first-order valence-electron chi connectivity index (χ1n) is 11.2. The fourth-order valence-corrected chi connectivity index (χ4v) is 4.15. The second-order valence-electron chi connectivity index (χ2n) is 8.45. The number of carbonyl (C=O) groups is 3. The number of Topliss-reactive ketones (excluding diaryl/α,β-unsaturated/α-hetero) is 1. The molecular formula is C24H31N5O3. The van der Waals surface area contributed by atoms with Crippen molar-refractivity contribution < 1.29 is 14.4 Å². The Morgan fingerprint density at radius 1 is 1.16 bits per heavy atom. The summed E-state index contributed by atoms with van der Waals surface area (Å²) in [6.45, 7) is 5.37. The van der Waals surface area contributed by atoms with E-state index in [4.69, 9.17) is 0 Å². The third-order valence-electron chi connectivity index (χ3n) is 5.89. The molecule has 0 saturated carbocycles. The number of carbonyl (C=O) groups excluding carboxylic acids is 3. The van der Waals surface area contributed by atoms with Crippen LogP contribution in [-0.2, 0) is 14.4 Å². The average molecular weight is 438 g/mol. The Labute approximate surface area is 189 Å². The van der Waals surface area contributed by atoms with E-state index >= 15 is 0 Å². The normalized spacial score (nSPS) is 19.7. The van der Waals surface area contributed by atoms with Gasteiger partial charge in [-0.05, 0) is 56.7 Å². The Morgan fingerprint density at radius 3 is 2.53 bits per heavy atom. The molecule has 2 amide bonds. The quantitative estimate of drug-likeness (QED) is 0.501. The zero-order chi connectivity index (χ0) is 23.1. The molecule has 8 nitrogen and oxygen atoms in total. The van der Waals surface area contributed by atoms with Crippen molar-refractivity contribution in [1.82, 2.24) is 15.1 Å². The summed E-state index contributed by atoms with van der Waals surface area (Å²) in [5, 5.41) is 15.8. The molecule has 0 bridgehead atoms. The predicted octanol–water partition coefficient (Wildman–Crippen LogP) is 2.32. The van der Waals surface area contributed by atoms with Crippen LogP contribution in [0, 0.1) is 18.3 Å². The van der Waals surface area contributed by atoms with Gasteiger partial charge in [0, 0.05) is 32.2 Å². The maximum absolute atomic E-state index is 13.3. The van der Waals surface area contributed by atoms with Crippen LogP contribution in [0.1, 0.15) is 44.6 Å². The molecule has 1 aromatic rings. The van der Waals surface area contributed by atoms with Crippen LogP contribution in [0.5, 0.6) is 0 Å². The van der Waals surface area contributed by atoms with Crippen molar-refractivity contribution in [2.45, 2.75) is 52.0 Å². The van der Waals surface area contributed by atoms with Crippen LogP contribution in [-0.4, -0.2) is 59.6 Å². The molecule has 1 aromatic carbocycles. The monoisotopic (exact) mass is 437 g/mol. The Hall–Kier alpha value is -3.34. The Kier molecular flexibility index (Phi) is 7.87. The number of anilines is 1. The molecule has 2 aliphatic heterocycles. The van der Waals surface area contributed by atoms with E-state index in [1.54, 1.807) is 4.90 Å². The maximum Gasteiger partial charge on any atom is 0.245 e. The van der Waals surface area contributed by atoms with Gasteiger partial charge in [-0.15, -0.1) is 0 Å². The van der Waals surface area contributed by atoms with E-state index in [2.05, 4.69) is 10.6 Å². The van der Waals surface area contributed by atoms with Gasteiger partial charge in [0.1, 0.15) is 23.5 Å². The number of amides is 2. The Bertz CT molecular complexity index is 943. The van der Waals surface area contributed by atoms with Crippen molar-refractivity contribution in [2.75, 3.05) is 31.5 Å². The predicted molar refractivity (Wildman–Crippen MR) is 121 cm³/mol. The van der Waals surface area contributed by atoms with E-state index in [9.17, 15) is 19.6 Å². The van der Waals surface area contributed by atoms with Crippen LogP contribution in [0.3, 0.4) is 0 Å². The lowest BCUT2D eigenvalue weighted by Crippen LogP contribution is -2.49. The van der Waals surface area contributed by atoms with Crippen LogP contribution in [0.4, 0.5) is 5.69 Å². The van der Waals surface area contributed by atoms with Crippen LogP contribution in [0.2, 0.25) is 0 Å². The molecule has 0 spiro atoms. The first-order chi connectivity index (χ1) is 15.4. The van der Waals surface area contributed by atoms with Gasteiger partial charge in [0.15, 0.2) is 5.78 Å². The zero-order valence-electron chi connectivity index (χ0n) is 18.8. The number of nitrogens with zero attached hydrogens (tertiary/aromatic N) is 3. The fraction of sp³-hybridized carbons (Fsp3) is 0.500. The van der Waals surface area contributed by atoms with Crippen LogP contribution in [0.15, 0.2) is 35.7 Å². The molecule has 1 unspecified atom stereocenters. The lowest BCUT2D eigenvalue weighted by Gasteiger charge is -2.28. The molecule has 32 heavy (non-hydrogen) atoms. The number of aryl methyl sites for hydroxylation is 1. The minimum Gasteiger partial charge on any atom is -0.359 e. The van der Waals surface area contributed by atoms with Gasteiger partial charge in [-0.1, -0.05) is 12.1 Å². The number of rotatable bonds is 7. The van der Waals surface area contributed by atoms with Crippen LogP contribution < -0.4 is 10.6 Å². The minimum absolute atomic E-state index is 0.0217. The van der Waals surface area contributed by atoms with Crippen molar-refractivity contribution in [2.24, 2.45) is 0 Å². The molecule has 1 atom stereocenters. The van der Waals surface area contributed by atoms with Crippen molar-refractivity contribution in [3.05, 3.63) is 41.2 Å². The molecule has 0 aliphatic carbocycles. The van der Waals surface area contributed by atoms with E-state index in [0.717, 1.165) is 44.3 Å². The zero-order valence-corrected chi connectivity index (χ0v) is 18.8. The van der Waals surface area contributed by atoms with Crippen molar-refractivity contribution in [1.29, 1.82) is 5.26 Å². The first kappa shape index (κ1) is 23.3. The fourth-order valence-electron chi connectivity index (χ4n) is 4.15. The van der Waals surface area contributed by atoms with E-state index in [1.807, 2.05) is 42.2 Å². The number of nitrogens with one attached hydrogen (secondary N) is 2. The average Bonchev–Trinajstić information content (AvgIpc) is 3.24. The highest BCUT2D eigenvalue weighted by molar-refractivity contribution is 5.98. The van der Waals surface area contributed by atoms with E-state index in [1.165, 1.54) is 6.92 Å². The Balaban J connectivity index is 1.80. The lowest BCUT2D eigenvalue weighted by molar-refractivity contribution is -0.140. The SMILES string of the molecule is CC(=O)/C(C#N)=C(\Nc1cccc(C)c1)NC1CCCCN(CC(=O)N2CCCC2)C1=O. The first-order valence-corrected chi connectivity index (χ1v) is 11.2. The summed E-state index contributed by atoms with van der Waals surface area (Å²) in [6, 6.07) is 8.88. The molecule has 2 aliphatic rings. The summed E-state index contributed by atoms with van der Waals surface area (Å²) in [4.78, 5) is 41.4. The number of hydrogen-bond donors (Lipinski definition) is 2. The molecule has 8 heteroatoms. The van der Waals surface area contributed by atoms with Gasteiger partial charge >= 0.3 is 0 Å². The number of hydrogen-bond acceptors (Lipinski definition) is 6. The molecule has 2 heterocycles. The largest absolute Gasteiger partial charge is 0.359 e. The third-order valence-corrected chi connectivity index (χ3v) is 5.89. The summed E-state index contributed by atoms with van der Waals surface area (Å²) in [7, 11) is 0. The number of likely N-dealkylation sites (tertiary alicyclic amines) is 2. The molecule has 3 rings (SSSR count). The summed E-state index contributed by atoms with van der Waals surface area (Å²) in [5.74, 6) is -0.375. The molecule has 2 fully saturated rings. The van der Waals surface area contributed by atoms with Crippen LogP contribution in [0.25, 0.3) is 0 Å². The third kappa shape index (κ3) is 5.88. The summed E-state index contributed by atoms with van der Waals surface area (Å²) in [6.07, 6.45) is 4.18. The van der Waals surface area contributed by atoms with Gasteiger partial charge in [0.25, 0.3) is 0 Å². The minimum atomic E-state index is -0.626. The van der Waals surface area contributed by atoms with Gasteiger partial charge in [0.05, 0.1) is 6.54 Å². The number of benzene rings is 1. The van der Waals surface area contributed by atoms with Crippen LogP contribution >= 0.6 is 0 Å². The van der Waals surface area contributed by atoms with E-state index < -0.39 is 11.8 Å². The van der Waals surface area contributed by atoms with Crippen molar-refractivity contribution in [3.8, 4) is 6.07 Å². The van der Waals surface area contributed by atoms with Crippen molar-refractivity contribution in [3.63, 3.8) is 0 Å². The highest BCUT2D eigenvalue weighted by Crippen LogP contribution is 2.18. The van der Waals surface area contributed by atoms with Gasteiger partial charge < -0.3 is 20.4 Å². The number of nitriles is 1. The summed E-state index contributed by atoms with van der Waals surface area (Å²) < 4.78 is 0. The topological polar surface area (TPSA) is 106 Å². The maximum atomic E-state index is 13.3. The summed E-state index contributed by atoms with van der Waals surface area (Å²) in [5.41, 5.74) is 1.67. The molecule has 2 saturated heterocycles. The molecule has 170 valence electrons. The van der Waals surface area contributed by atoms with E-state index in [0.29, 0.717) is 18.7 Å². The highest BCUT2D eigenvalue weighted by Gasteiger charge is 2.31. The van der Waals surface area contributed by atoms with Gasteiger partial charge in [-0.3, -0.25) is 14.4 Å². The van der Waals surface area contributed by atoms with E-state index in [-0.39, 0.29) is 29.8 Å². The standard InChI is InChI=1S/C24H31N5O3/c1-17-8-7-9-19(14-17)26-23(20(15-25)18(2)30)27-21-10-3-4-13-29(24(21)32)16-22(31)28-11-5-6-12-28/h7-9,14,21,26-27H,3-6,10-13,16H2,1-2H3/b23-20+. The Morgan fingerprint density at radius 2 is 1.88 bits per heavy atom. The van der Waals surface area contributed by atoms with Gasteiger partial charge in [0.2, 0.25) is 11.8 Å². The highest BCUT2D eigenvalue weighted by atomic mass is 16.2. The molecule has 0 radical (unpaired) electrons. The number of ketones is 1. The smallest absolute Gasteiger partial charge is 0.245 e. The second-order valence-corrected chi connectivity index (χ2v) is 8.45. The summed E-state index contributed by atoms with van der Waals surface area (Å²) >= 11 is 0. The lowest BCUT2D eigenvalue weighted by atomic mass is 10.1. The molecule has 2 N–H and O–H groups in total. The number of allylic oxidation sites excluding steroid dienone is 1. The second kappa shape index (κ2) is 10.8. The van der Waals surface area contributed by atoms with Gasteiger partial charge in [-0.25, -0.2) is 0 Å². The van der Waals surface area contributed by atoms with Crippen molar-refractivity contribution >= 4 is 23.3 Å². The van der Waals surface area contributed by atoms with Gasteiger partial charge in [-0.2, -0.15) is 5.26 Å². The molecular weight excluding hydrogens is 406 g/mol.